The number of piperidine rings is 1. The molecule has 0 spiro atoms. The van der Waals surface area contributed by atoms with Crippen molar-refractivity contribution in [3.63, 3.8) is 0 Å². The number of nitrogens with one attached hydrogen (secondary N) is 2. The Morgan fingerprint density at radius 3 is 2.67 bits per heavy atom. The maximum atomic E-state index is 11.9. The number of carbonyl (C=O) groups is 1. The molecule has 2 saturated heterocycles. The smallest absolute Gasteiger partial charge is 0.409 e. The third-order valence-corrected chi connectivity index (χ3v) is 5.44. The minimum Gasteiger partial charge on any atom is -0.450 e. The van der Waals surface area contributed by atoms with Gasteiger partial charge in [-0.2, -0.15) is 0 Å². The number of guanidine groups is 1. The Hall–Kier alpha value is -1.63. The van der Waals surface area contributed by atoms with E-state index in [2.05, 4.69) is 20.8 Å². The monoisotopic (exact) mass is 535 g/mol. The van der Waals surface area contributed by atoms with Crippen LogP contribution in [0.15, 0.2) is 4.99 Å². The van der Waals surface area contributed by atoms with Crippen LogP contribution in [0.2, 0.25) is 0 Å². The van der Waals surface area contributed by atoms with Gasteiger partial charge < -0.3 is 29.6 Å². The maximum Gasteiger partial charge on any atom is 0.409 e. The molecule has 1 amide bonds. The van der Waals surface area contributed by atoms with Gasteiger partial charge in [-0.25, -0.2) is 9.79 Å². The van der Waals surface area contributed by atoms with E-state index >= 15 is 0 Å². The summed E-state index contributed by atoms with van der Waals surface area (Å²) in [6.45, 7) is 7.51. The first-order chi connectivity index (χ1) is 14.1. The van der Waals surface area contributed by atoms with Crippen LogP contribution in [-0.4, -0.2) is 76.7 Å². The lowest BCUT2D eigenvalue weighted by molar-refractivity contribution is 0.0961. The predicted octanol–water partition coefficient (Wildman–Crippen LogP) is 1.58. The molecular formula is C19H34IN7O3. The van der Waals surface area contributed by atoms with Gasteiger partial charge in [0.1, 0.15) is 12.4 Å². The quantitative estimate of drug-likeness (QED) is 0.324. The highest BCUT2D eigenvalue weighted by atomic mass is 127. The largest absolute Gasteiger partial charge is 0.450 e. The van der Waals surface area contributed by atoms with Gasteiger partial charge >= 0.3 is 6.09 Å². The molecule has 0 radical (unpaired) electrons. The third-order valence-electron chi connectivity index (χ3n) is 5.44. The fourth-order valence-electron chi connectivity index (χ4n) is 3.52. The van der Waals surface area contributed by atoms with Crippen molar-refractivity contribution in [3.8, 4) is 0 Å². The van der Waals surface area contributed by atoms with Gasteiger partial charge in [-0.15, -0.1) is 34.2 Å². The van der Waals surface area contributed by atoms with E-state index in [1.165, 1.54) is 0 Å². The molecule has 0 bridgehead atoms. The topological polar surface area (TPSA) is 106 Å². The lowest BCUT2D eigenvalue weighted by Crippen LogP contribution is -2.50. The summed E-state index contributed by atoms with van der Waals surface area (Å²) in [6, 6.07) is 0.248. The normalized spacial score (nSPS) is 20.0. The van der Waals surface area contributed by atoms with E-state index in [9.17, 15) is 4.79 Å². The highest BCUT2D eigenvalue weighted by molar-refractivity contribution is 14.0. The number of carbonyl (C=O) groups excluding carboxylic acids is 1. The Kier molecular flexibility index (Phi) is 10.1. The van der Waals surface area contributed by atoms with Gasteiger partial charge in [-0.05, 0) is 39.5 Å². The summed E-state index contributed by atoms with van der Waals surface area (Å²) in [5.41, 5.74) is 0. The number of ether oxygens (including phenoxy) is 2. The lowest BCUT2D eigenvalue weighted by Gasteiger charge is -2.32. The first-order valence-electron chi connectivity index (χ1n) is 10.5. The molecule has 0 aromatic carbocycles. The van der Waals surface area contributed by atoms with Crippen LogP contribution in [0.25, 0.3) is 0 Å². The number of hydrogen-bond donors (Lipinski definition) is 2. The summed E-state index contributed by atoms with van der Waals surface area (Å²) in [4.78, 5) is 18.4. The molecule has 0 aliphatic carbocycles. The molecule has 2 aliphatic heterocycles. The summed E-state index contributed by atoms with van der Waals surface area (Å²) >= 11 is 0. The number of likely N-dealkylation sites (tertiary alicyclic amines) is 1. The van der Waals surface area contributed by atoms with Crippen LogP contribution in [0.5, 0.6) is 0 Å². The fourth-order valence-corrected chi connectivity index (χ4v) is 3.52. The Morgan fingerprint density at radius 2 is 2.07 bits per heavy atom. The van der Waals surface area contributed by atoms with E-state index in [0.717, 1.165) is 56.4 Å². The average Bonchev–Trinajstić information content (AvgIpc) is 3.35. The van der Waals surface area contributed by atoms with Crippen LogP contribution in [0.1, 0.15) is 44.3 Å². The zero-order chi connectivity index (χ0) is 20.6. The van der Waals surface area contributed by atoms with E-state index in [0.29, 0.717) is 26.2 Å². The SMILES string of the molecule is CCOC(=O)N1CCC(NC(=NCc2nnc(C)n2C)NCC2CCCO2)CC1.I. The zero-order valence-corrected chi connectivity index (χ0v) is 20.4. The summed E-state index contributed by atoms with van der Waals surface area (Å²) < 4.78 is 12.8. The molecule has 3 rings (SSSR count). The van der Waals surface area contributed by atoms with Crippen molar-refractivity contribution < 1.29 is 14.3 Å². The van der Waals surface area contributed by atoms with Gasteiger partial charge in [0.15, 0.2) is 11.8 Å². The molecule has 1 unspecified atom stereocenters. The molecule has 30 heavy (non-hydrogen) atoms. The number of halogens is 1. The Bertz CT molecular complexity index is 698. The maximum absolute atomic E-state index is 11.9. The second kappa shape index (κ2) is 12.3. The van der Waals surface area contributed by atoms with Gasteiger partial charge in [0.25, 0.3) is 0 Å². The van der Waals surface area contributed by atoms with E-state index in [1.54, 1.807) is 4.90 Å². The molecule has 2 N–H and O–H groups in total. The van der Waals surface area contributed by atoms with Crippen molar-refractivity contribution in [2.24, 2.45) is 12.0 Å². The van der Waals surface area contributed by atoms with Gasteiger partial charge in [0, 0.05) is 39.3 Å². The van der Waals surface area contributed by atoms with E-state index in [4.69, 9.17) is 14.5 Å². The molecule has 1 aromatic rings. The lowest BCUT2D eigenvalue weighted by atomic mass is 10.1. The number of aryl methyl sites for hydroxylation is 1. The summed E-state index contributed by atoms with van der Waals surface area (Å²) in [5, 5.41) is 15.2. The van der Waals surface area contributed by atoms with Crippen LogP contribution >= 0.6 is 24.0 Å². The molecule has 3 heterocycles. The number of nitrogens with zero attached hydrogens (tertiary/aromatic N) is 5. The molecule has 2 fully saturated rings. The highest BCUT2D eigenvalue weighted by Gasteiger charge is 2.24. The molecule has 2 aliphatic rings. The third kappa shape index (κ3) is 6.96. The number of rotatable bonds is 6. The van der Waals surface area contributed by atoms with Crippen LogP contribution in [0, 0.1) is 6.92 Å². The summed E-state index contributed by atoms with van der Waals surface area (Å²) in [6.07, 6.45) is 3.88. The van der Waals surface area contributed by atoms with E-state index < -0.39 is 0 Å². The van der Waals surface area contributed by atoms with Crippen molar-refractivity contribution in [1.82, 2.24) is 30.3 Å². The Morgan fingerprint density at radius 1 is 1.30 bits per heavy atom. The van der Waals surface area contributed by atoms with Crippen molar-refractivity contribution in [1.29, 1.82) is 0 Å². The molecule has 1 atom stereocenters. The van der Waals surface area contributed by atoms with E-state index in [1.807, 2.05) is 25.5 Å². The van der Waals surface area contributed by atoms with Gasteiger partial charge in [-0.3, -0.25) is 0 Å². The zero-order valence-electron chi connectivity index (χ0n) is 18.1. The summed E-state index contributed by atoms with van der Waals surface area (Å²) in [7, 11) is 1.94. The van der Waals surface area contributed by atoms with Crippen LogP contribution in [0.3, 0.4) is 0 Å². The van der Waals surface area contributed by atoms with Crippen molar-refractivity contribution in [2.45, 2.75) is 58.2 Å². The van der Waals surface area contributed by atoms with Gasteiger partial charge in [0.2, 0.25) is 0 Å². The van der Waals surface area contributed by atoms with Crippen molar-refractivity contribution in [2.75, 3.05) is 32.8 Å². The molecule has 11 heteroatoms. The van der Waals surface area contributed by atoms with Crippen LogP contribution < -0.4 is 10.6 Å². The van der Waals surface area contributed by atoms with Crippen molar-refractivity contribution >= 4 is 36.0 Å². The fraction of sp³-hybridized carbons (Fsp3) is 0.789. The molecule has 10 nitrogen and oxygen atoms in total. The van der Waals surface area contributed by atoms with E-state index in [-0.39, 0.29) is 42.2 Å². The second-order valence-electron chi connectivity index (χ2n) is 7.51. The molecule has 0 saturated carbocycles. The van der Waals surface area contributed by atoms with Crippen LogP contribution in [-0.2, 0) is 23.1 Å². The van der Waals surface area contributed by atoms with Gasteiger partial charge in [0.05, 0.1) is 12.7 Å². The standard InChI is InChI=1S/C19H33N7O3.HI/c1-4-28-19(27)26-9-7-15(8-10-26)22-18(20-12-16-6-5-11-29-16)21-13-17-24-23-14(2)25(17)3;/h15-16H,4-13H2,1-3H3,(H2,20,21,22);1H. The first-order valence-corrected chi connectivity index (χ1v) is 10.5. The second-order valence-corrected chi connectivity index (χ2v) is 7.51. The Balaban J connectivity index is 0.00000320. The molecule has 170 valence electrons. The number of amides is 1. The Labute approximate surface area is 195 Å². The minimum atomic E-state index is -0.228. The summed E-state index contributed by atoms with van der Waals surface area (Å²) in [5.74, 6) is 2.43. The number of aromatic nitrogens is 3. The minimum absolute atomic E-state index is 0. The highest BCUT2D eigenvalue weighted by Crippen LogP contribution is 2.13. The predicted molar refractivity (Wildman–Crippen MR) is 124 cm³/mol. The van der Waals surface area contributed by atoms with Crippen LogP contribution in [0.4, 0.5) is 4.79 Å². The number of hydrogen-bond acceptors (Lipinski definition) is 6. The van der Waals surface area contributed by atoms with Gasteiger partial charge in [-0.1, -0.05) is 0 Å². The molecule has 1 aromatic heterocycles. The van der Waals surface area contributed by atoms with Crippen molar-refractivity contribution in [3.05, 3.63) is 11.6 Å². The average molecular weight is 535 g/mol. The first kappa shape index (κ1) is 24.6. The number of aliphatic imine (C=N–C) groups is 1. The molecular weight excluding hydrogens is 501 g/mol.